The van der Waals surface area contributed by atoms with Crippen LogP contribution in [0.2, 0.25) is 0 Å². The molecule has 8 heterocycles. The lowest BCUT2D eigenvalue weighted by atomic mass is 10.1. The molecule has 0 amide bonds. The summed E-state index contributed by atoms with van der Waals surface area (Å²) >= 11 is 0. The maximum atomic E-state index is 4.89. The Morgan fingerprint density at radius 2 is 0.583 bits per heavy atom. The van der Waals surface area contributed by atoms with Crippen molar-refractivity contribution in [3.8, 4) is 68.2 Å². The van der Waals surface area contributed by atoms with Crippen molar-refractivity contribution in [1.82, 2.24) is 29.9 Å². The molecular weight excluding hydrogens is 444 g/mol. The predicted molar refractivity (Wildman–Crippen MR) is 139 cm³/mol. The molecule has 0 fully saturated rings. The Balaban J connectivity index is 1.48. The summed E-state index contributed by atoms with van der Waals surface area (Å²) in [5.41, 5.74) is 9.54. The van der Waals surface area contributed by atoms with Crippen LogP contribution in [0.3, 0.4) is 0 Å². The first kappa shape index (κ1) is 20.3. The standard InChI is InChI=1S/C30H18N6/c1-6-20-19-16-17-21(31-18-19)22-7-2-9-25(33-22)26-11-4-13-29(35-26)30-15-5-14-28(36-30)27-12-3-10-24(34-27)23(8-1)32-20/h1-18H. The monoisotopic (exact) mass is 462 g/mol. The van der Waals surface area contributed by atoms with Crippen molar-refractivity contribution in [2.75, 3.05) is 0 Å². The van der Waals surface area contributed by atoms with Gasteiger partial charge in [-0.3, -0.25) is 4.98 Å². The molecule has 0 unspecified atom stereocenters. The van der Waals surface area contributed by atoms with Gasteiger partial charge < -0.3 is 0 Å². The third-order valence-corrected chi connectivity index (χ3v) is 6.12. The van der Waals surface area contributed by atoms with Crippen LogP contribution in [0.5, 0.6) is 0 Å². The summed E-state index contributed by atoms with van der Waals surface area (Å²) in [6.07, 6.45) is 1.84. The molecule has 6 aromatic rings. The maximum absolute atomic E-state index is 4.89. The van der Waals surface area contributed by atoms with E-state index in [0.717, 1.165) is 68.2 Å². The Kier molecular flexibility index (Phi) is 4.67. The number of nitrogens with zero attached hydrogens (tertiary/aromatic N) is 6. The largest absolute Gasteiger partial charge is 0.254 e. The van der Waals surface area contributed by atoms with Crippen LogP contribution in [-0.4, -0.2) is 29.9 Å². The summed E-state index contributed by atoms with van der Waals surface area (Å²) in [6, 6.07) is 33.5. The van der Waals surface area contributed by atoms with E-state index in [1.165, 1.54) is 0 Å². The van der Waals surface area contributed by atoms with Crippen molar-refractivity contribution in [3.63, 3.8) is 0 Å². The highest BCUT2D eigenvalue weighted by molar-refractivity contribution is 5.70. The average Bonchev–Trinajstić information content (AvgIpc) is 2.97. The zero-order chi connectivity index (χ0) is 23.9. The van der Waals surface area contributed by atoms with Crippen molar-refractivity contribution < 1.29 is 0 Å². The Labute approximate surface area is 207 Å². The van der Waals surface area contributed by atoms with E-state index in [0.29, 0.717) is 0 Å². The number of aromatic nitrogens is 6. The molecule has 2 aliphatic rings. The molecule has 0 aromatic carbocycles. The molecule has 0 N–H and O–H groups in total. The molecule has 0 radical (unpaired) electrons. The van der Waals surface area contributed by atoms with Crippen molar-refractivity contribution >= 4 is 0 Å². The molecular formula is C30H18N6. The average molecular weight is 463 g/mol. The zero-order valence-electron chi connectivity index (χ0n) is 19.1. The normalized spacial score (nSPS) is 11.3. The summed E-state index contributed by atoms with van der Waals surface area (Å²) in [6.45, 7) is 0. The third-order valence-electron chi connectivity index (χ3n) is 6.12. The number of rotatable bonds is 0. The van der Waals surface area contributed by atoms with Gasteiger partial charge in [0.1, 0.15) is 0 Å². The highest BCUT2D eigenvalue weighted by atomic mass is 14.9. The lowest BCUT2D eigenvalue weighted by Gasteiger charge is -2.08. The van der Waals surface area contributed by atoms with E-state index in [1.807, 2.05) is 109 Å². The summed E-state index contributed by atoms with van der Waals surface area (Å²) < 4.78 is 0. The molecule has 0 saturated carbocycles. The SMILES string of the molecule is c1cc2nc(c1)-c1cccc(n1)-c1cccc(n1)-c1cccc(n1)-c1cccc(n1)-c1ccc-2cn1. The number of fused-ring (bicyclic) bond motifs is 2. The number of pyridine rings is 6. The first-order chi connectivity index (χ1) is 17.8. The Morgan fingerprint density at radius 1 is 0.278 bits per heavy atom. The van der Waals surface area contributed by atoms with E-state index in [-0.39, 0.29) is 0 Å². The van der Waals surface area contributed by atoms with Gasteiger partial charge in [0.2, 0.25) is 0 Å². The van der Waals surface area contributed by atoms with E-state index in [1.54, 1.807) is 0 Å². The van der Waals surface area contributed by atoms with Crippen LogP contribution in [0.4, 0.5) is 0 Å². The molecule has 2 aliphatic heterocycles. The second-order valence-electron chi connectivity index (χ2n) is 8.47. The minimum atomic E-state index is 0.771. The van der Waals surface area contributed by atoms with Crippen molar-refractivity contribution in [1.29, 1.82) is 0 Å². The molecule has 0 spiro atoms. The quantitative estimate of drug-likeness (QED) is 0.261. The topological polar surface area (TPSA) is 77.3 Å². The molecule has 6 heteroatoms. The van der Waals surface area contributed by atoms with E-state index >= 15 is 0 Å². The lowest BCUT2D eigenvalue weighted by molar-refractivity contribution is 1.20. The van der Waals surface area contributed by atoms with Gasteiger partial charge >= 0.3 is 0 Å². The molecule has 6 nitrogen and oxygen atoms in total. The van der Waals surface area contributed by atoms with Crippen LogP contribution in [0.1, 0.15) is 0 Å². The summed E-state index contributed by atoms with van der Waals surface area (Å²) in [5, 5.41) is 0. The van der Waals surface area contributed by atoms with Crippen molar-refractivity contribution in [2.45, 2.75) is 0 Å². The van der Waals surface area contributed by atoms with Gasteiger partial charge in [0.15, 0.2) is 0 Å². The van der Waals surface area contributed by atoms with Gasteiger partial charge in [-0.05, 0) is 72.8 Å². The van der Waals surface area contributed by atoms with Gasteiger partial charge in [-0.1, -0.05) is 30.3 Å². The molecule has 168 valence electrons. The van der Waals surface area contributed by atoms with Crippen LogP contribution in [-0.2, 0) is 0 Å². The molecule has 0 saturated heterocycles. The second kappa shape index (κ2) is 8.29. The van der Waals surface area contributed by atoms with Crippen LogP contribution in [0.25, 0.3) is 68.2 Å². The summed E-state index contributed by atoms with van der Waals surface area (Å²) in [4.78, 5) is 29.1. The first-order valence-corrected chi connectivity index (χ1v) is 11.6. The van der Waals surface area contributed by atoms with Gasteiger partial charge in [0, 0.05) is 11.8 Å². The third kappa shape index (κ3) is 3.61. The van der Waals surface area contributed by atoms with Crippen molar-refractivity contribution in [3.05, 3.63) is 109 Å². The van der Waals surface area contributed by atoms with Gasteiger partial charge in [-0.2, -0.15) is 0 Å². The summed E-state index contributed by atoms with van der Waals surface area (Å²) in [5.74, 6) is 0. The van der Waals surface area contributed by atoms with Gasteiger partial charge in [-0.15, -0.1) is 0 Å². The fourth-order valence-corrected chi connectivity index (χ4v) is 4.32. The molecule has 0 aliphatic carbocycles. The fourth-order valence-electron chi connectivity index (χ4n) is 4.32. The predicted octanol–water partition coefficient (Wildman–Crippen LogP) is 6.37. The molecule has 6 aromatic heterocycles. The smallest absolute Gasteiger partial charge is 0.0894 e. The minimum absolute atomic E-state index is 0.771. The highest BCUT2D eigenvalue weighted by Crippen LogP contribution is 2.28. The van der Waals surface area contributed by atoms with Gasteiger partial charge in [-0.25, -0.2) is 24.9 Å². The van der Waals surface area contributed by atoms with E-state index in [2.05, 4.69) is 4.98 Å². The summed E-state index contributed by atoms with van der Waals surface area (Å²) in [7, 11) is 0. The minimum Gasteiger partial charge on any atom is -0.254 e. The number of hydrogen-bond donors (Lipinski definition) is 0. The van der Waals surface area contributed by atoms with E-state index in [4.69, 9.17) is 24.9 Å². The molecule has 36 heavy (non-hydrogen) atoms. The van der Waals surface area contributed by atoms with E-state index in [9.17, 15) is 0 Å². The van der Waals surface area contributed by atoms with E-state index < -0.39 is 0 Å². The first-order valence-electron chi connectivity index (χ1n) is 11.6. The number of hydrogen-bond acceptors (Lipinski definition) is 6. The Bertz CT molecular complexity index is 1620. The lowest BCUT2D eigenvalue weighted by Crippen LogP contribution is -1.95. The Morgan fingerprint density at radius 3 is 0.917 bits per heavy atom. The van der Waals surface area contributed by atoms with Crippen LogP contribution in [0, 0.1) is 0 Å². The highest BCUT2D eigenvalue weighted by Gasteiger charge is 2.12. The van der Waals surface area contributed by atoms with Crippen LogP contribution < -0.4 is 0 Å². The van der Waals surface area contributed by atoms with Crippen LogP contribution >= 0.6 is 0 Å². The Hall–Kier alpha value is -5.10. The van der Waals surface area contributed by atoms with Gasteiger partial charge in [0.05, 0.1) is 62.6 Å². The fraction of sp³-hybridized carbons (Fsp3) is 0. The molecule has 0 atom stereocenters. The second-order valence-corrected chi connectivity index (χ2v) is 8.47. The molecule has 8 rings (SSSR count). The van der Waals surface area contributed by atoms with Crippen LogP contribution in [0.15, 0.2) is 109 Å². The molecule has 12 bridgehead atoms. The zero-order valence-corrected chi connectivity index (χ0v) is 19.1. The van der Waals surface area contributed by atoms with Gasteiger partial charge in [0.25, 0.3) is 0 Å². The maximum Gasteiger partial charge on any atom is 0.0894 e. The van der Waals surface area contributed by atoms with Crippen molar-refractivity contribution in [2.24, 2.45) is 0 Å².